The molecule has 254 valence electrons. The second-order valence-corrected chi connectivity index (χ2v) is 14.1. The molecule has 1 heterocycles. The van der Waals surface area contributed by atoms with Gasteiger partial charge < -0.3 is 4.42 Å². The van der Waals surface area contributed by atoms with Gasteiger partial charge in [-0.25, -0.2) is 0 Å². The number of allylic oxidation sites excluding steroid dienone is 6. The highest BCUT2D eigenvalue weighted by Crippen LogP contribution is 2.52. The van der Waals surface area contributed by atoms with Crippen molar-refractivity contribution < 1.29 is 29.1 Å². The summed E-state index contributed by atoms with van der Waals surface area (Å²) < 4.78 is 173. The van der Waals surface area contributed by atoms with Gasteiger partial charge in [0, 0.05) is 22.6 Å². The van der Waals surface area contributed by atoms with Gasteiger partial charge in [-0.2, -0.15) is 0 Å². The van der Waals surface area contributed by atoms with Crippen LogP contribution in [-0.4, -0.2) is 0 Å². The molecule has 3 aliphatic rings. The fourth-order valence-corrected chi connectivity index (χ4v) is 8.77. The maximum absolute atomic E-state index is 9.91. The summed E-state index contributed by atoms with van der Waals surface area (Å²) in [5, 5.41) is 2.33. The van der Waals surface area contributed by atoms with Crippen molar-refractivity contribution in [2.24, 2.45) is 5.92 Å². The summed E-state index contributed by atoms with van der Waals surface area (Å²) >= 11 is 0. The summed E-state index contributed by atoms with van der Waals surface area (Å²) in [5.41, 5.74) is 1.85. The molecule has 0 saturated carbocycles. The summed E-state index contributed by atoms with van der Waals surface area (Å²) in [7, 11) is 0. The number of fused-ring (bicyclic) bond motifs is 4. The van der Waals surface area contributed by atoms with E-state index >= 15 is 0 Å². The molecule has 10 aromatic rings. The number of hydrogen-bond acceptors (Lipinski definition) is 1. The molecule has 3 aliphatic carbocycles. The van der Waals surface area contributed by atoms with E-state index in [9.17, 15) is 12.3 Å². The second-order valence-electron chi connectivity index (χ2n) is 14.1. The van der Waals surface area contributed by atoms with E-state index in [1.807, 2.05) is 42.5 Å². The van der Waals surface area contributed by atoms with Gasteiger partial charge in [-0.1, -0.05) is 157 Å². The van der Waals surface area contributed by atoms with Crippen molar-refractivity contribution in [3.63, 3.8) is 0 Å². The summed E-state index contributed by atoms with van der Waals surface area (Å²) in [6.07, 6.45) is 0. The van der Waals surface area contributed by atoms with Crippen LogP contribution in [0.1, 0.15) is 52.8 Å². The number of benzene rings is 9. The van der Waals surface area contributed by atoms with Crippen molar-refractivity contribution in [1.29, 1.82) is 0 Å². The molecule has 0 amide bonds. The van der Waals surface area contributed by atoms with Crippen LogP contribution in [-0.2, 0) is 0 Å². The van der Waals surface area contributed by atoms with E-state index in [0.29, 0.717) is 27.7 Å². The van der Waals surface area contributed by atoms with Crippen LogP contribution in [0.3, 0.4) is 0 Å². The van der Waals surface area contributed by atoms with Gasteiger partial charge in [0.25, 0.3) is 0 Å². The van der Waals surface area contributed by atoms with Crippen molar-refractivity contribution in [3.05, 3.63) is 197 Å². The highest BCUT2D eigenvalue weighted by atomic mass is 16.3. The Morgan fingerprint density at radius 1 is 0.473 bits per heavy atom. The summed E-state index contributed by atoms with van der Waals surface area (Å²) in [6, 6.07) is 12.6. The average molecular weight is 715 g/mol. The molecule has 9 aromatic carbocycles. The van der Waals surface area contributed by atoms with Gasteiger partial charge in [-0.05, 0) is 123 Å². The molecular weight excluding hydrogens is 665 g/mol. The van der Waals surface area contributed by atoms with E-state index in [4.69, 9.17) is 16.8 Å². The van der Waals surface area contributed by atoms with Gasteiger partial charge in [-0.3, -0.25) is 0 Å². The third-order valence-electron chi connectivity index (χ3n) is 11.2. The molecule has 1 nitrogen and oxygen atoms in total. The topological polar surface area (TPSA) is 13.1 Å². The minimum atomic E-state index is -1.32. The number of rotatable bonds is 3. The van der Waals surface area contributed by atoms with E-state index in [1.54, 1.807) is 30.3 Å². The van der Waals surface area contributed by atoms with Gasteiger partial charge in [0.1, 0.15) is 11.2 Å². The molecule has 1 aromatic heterocycles. The molecule has 2 unspecified atom stereocenters. The number of hydrogen-bond donors (Lipinski definition) is 0. The lowest BCUT2D eigenvalue weighted by Crippen LogP contribution is -2.21. The standard InChI is InChI=1S/C54H32O/c1-2-7-38-30-49-47(28-37(38)6-1)54-43(12-5-13-48(54)55-49)41-25-22-39(40-23-18-35-16-14-31-8-3-10-33-20-26-44(40)52(35)50(31)33)29-46(41)42-24-19-36-17-15-32-9-4-11-34-21-27-45(42)53(36)51(32)34/h1-30,35,52H/i3D,4D,8D,9D,10D,11D,14D,15D,16D,17D,18D,19D,20D,21D,23D,24D,26D,27D. The normalized spacial score (nSPS) is 22.8. The first-order chi connectivity index (χ1) is 34.8. The molecule has 0 bridgehead atoms. The Labute approximate surface area is 343 Å². The predicted octanol–water partition coefficient (Wildman–Crippen LogP) is 14.7. The second kappa shape index (κ2) is 10.8. The quantitative estimate of drug-likeness (QED) is 0.166. The Hall–Kier alpha value is -6.96. The van der Waals surface area contributed by atoms with Gasteiger partial charge in [0.15, 0.2) is 0 Å². The highest BCUT2D eigenvalue weighted by Gasteiger charge is 2.34. The number of furan rings is 1. The lowest BCUT2D eigenvalue weighted by Gasteiger charge is -2.37. The van der Waals surface area contributed by atoms with Crippen LogP contribution >= 0.6 is 0 Å². The maximum atomic E-state index is 9.91. The molecule has 0 aliphatic heterocycles. The lowest BCUT2D eigenvalue weighted by atomic mass is 9.67. The predicted molar refractivity (Wildman–Crippen MR) is 233 cm³/mol. The lowest BCUT2D eigenvalue weighted by molar-refractivity contribution is 0.667. The Bertz CT molecular complexity index is 4460. The summed E-state index contributed by atoms with van der Waals surface area (Å²) in [4.78, 5) is 0. The summed E-state index contributed by atoms with van der Waals surface area (Å²) in [6.45, 7) is 0. The van der Waals surface area contributed by atoms with Crippen LogP contribution in [0, 0.1) is 5.92 Å². The first-order valence-corrected chi connectivity index (χ1v) is 17.9. The van der Waals surface area contributed by atoms with Crippen molar-refractivity contribution in [2.75, 3.05) is 0 Å². The Morgan fingerprint density at radius 2 is 1.24 bits per heavy atom. The van der Waals surface area contributed by atoms with Gasteiger partial charge in [-0.15, -0.1) is 0 Å². The van der Waals surface area contributed by atoms with E-state index in [-0.39, 0.29) is 76.8 Å². The molecule has 0 fully saturated rings. The van der Waals surface area contributed by atoms with E-state index < -0.39 is 121 Å². The highest BCUT2D eigenvalue weighted by molar-refractivity contribution is 6.26. The van der Waals surface area contributed by atoms with E-state index in [1.165, 1.54) is 0 Å². The van der Waals surface area contributed by atoms with Crippen LogP contribution in [0.4, 0.5) is 0 Å². The molecule has 1 heteroatoms. The first kappa shape index (κ1) is 17.5. The zero-order chi connectivity index (χ0) is 51.4. The third-order valence-corrected chi connectivity index (χ3v) is 11.2. The average Bonchev–Trinajstić information content (AvgIpc) is 3.74. The first-order valence-electron chi connectivity index (χ1n) is 26.9. The molecule has 13 rings (SSSR count). The Morgan fingerprint density at radius 3 is 2.13 bits per heavy atom. The van der Waals surface area contributed by atoms with Gasteiger partial charge >= 0.3 is 0 Å². The zero-order valence-electron chi connectivity index (χ0n) is 46.5. The van der Waals surface area contributed by atoms with Crippen molar-refractivity contribution in [2.45, 2.75) is 5.92 Å². The van der Waals surface area contributed by atoms with Crippen LogP contribution in [0.15, 0.2) is 180 Å². The molecule has 0 N–H and O–H groups in total. The van der Waals surface area contributed by atoms with Gasteiger partial charge in [0.05, 0.1) is 24.7 Å². The minimum Gasteiger partial charge on any atom is -0.456 e. The molecule has 0 spiro atoms. The maximum Gasteiger partial charge on any atom is 0.136 e. The largest absolute Gasteiger partial charge is 0.456 e. The minimum absolute atomic E-state index is 0.00305. The van der Waals surface area contributed by atoms with Crippen molar-refractivity contribution >= 4 is 82.7 Å². The van der Waals surface area contributed by atoms with Crippen LogP contribution in [0.2, 0.25) is 0 Å². The van der Waals surface area contributed by atoms with Crippen molar-refractivity contribution in [3.8, 4) is 22.3 Å². The van der Waals surface area contributed by atoms with Crippen LogP contribution in [0.5, 0.6) is 0 Å². The molecular formula is C54H32O. The van der Waals surface area contributed by atoms with Crippen molar-refractivity contribution in [1.82, 2.24) is 0 Å². The van der Waals surface area contributed by atoms with Gasteiger partial charge in [0.2, 0.25) is 0 Å². The smallest absolute Gasteiger partial charge is 0.136 e. The summed E-state index contributed by atoms with van der Waals surface area (Å²) in [5.74, 6) is -2.53. The molecule has 0 saturated heterocycles. The Kier molecular flexibility index (Phi) is 3.43. The SMILES string of the molecule is [2H]C1=C([2H])c2c([2H])c([2H])c([2H])c3c2C2C1=C(c1ccc(-c4cccc5oc6cc7ccccc7cc6c45)c(-c4c([2H])c([2H])c5c([2H])c([2H])c6c([2H])c([2H])c([2H])c7c([2H])c([2H])c4c5c67)c1)C([2H])=C([2H])C2C([2H])=C3[2H]. The third kappa shape index (κ3) is 4.07. The molecule has 0 radical (unpaired) electrons. The Balaban J connectivity index is 1.21. The molecule has 2 atom stereocenters. The monoisotopic (exact) mass is 714 g/mol. The fourth-order valence-electron chi connectivity index (χ4n) is 8.77. The van der Waals surface area contributed by atoms with Crippen LogP contribution < -0.4 is 0 Å². The van der Waals surface area contributed by atoms with E-state index in [0.717, 1.165) is 16.2 Å². The van der Waals surface area contributed by atoms with Crippen LogP contribution in [0.25, 0.3) is 105 Å². The van der Waals surface area contributed by atoms with E-state index in [2.05, 4.69) is 0 Å². The zero-order valence-corrected chi connectivity index (χ0v) is 28.5. The molecule has 55 heavy (non-hydrogen) atoms. The fraction of sp³-hybridized carbons (Fsp3) is 0.0370.